The second kappa shape index (κ2) is 6.57. The molecule has 1 amide bonds. The van der Waals surface area contributed by atoms with E-state index in [9.17, 15) is 20.0 Å². The molecule has 2 fully saturated rings. The molecule has 0 spiro atoms. The highest BCUT2D eigenvalue weighted by Crippen LogP contribution is 2.37. The lowest BCUT2D eigenvalue weighted by molar-refractivity contribution is -0.385. The van der Waals surface area contributed by atoms with E-state index in [1.165, 1.54) is 23.1 Å². The molecule has 0 saturated carbocycles. The van der Waals surface area contributed by atoms with Crippen LogP contribution in [0.5, 0.6) is 0 Å². The van der Waals surface area contributed by atoms with Crippen LogP contribution in [0.3, 0.4) is 0 Å². The molecule has 2 unspecified atom stereocenters. The Bertz CT molecular complexity index is 655. The third-order valence-corrected chi connectivity index (χ3v) is 5.57. The molecule has 130 valence electrons. The van der Waals surface area contributed by atoms with E-state index in [0.717, 1.165) is 25.7 Å². The Kier molecular flexibility index (Phi) is 4.64. The fourth-order valence-electron chi connectivity index (χ4n) is 4.03. The van der Waals surface area contributed by atoms with Crippen molar-refractivity contribution in [2.45, 2.75) is 50.4 Å². The summed E-state index contributed by atoms with van der Waals surface area (Å²) < 4.78 is 0. The van der Waals surface area contributed by atoms with Gasteiger partial charge in [0.2, 0.25) is 0 Å². The number of amides is 1. The van der Waals surface area contributed by atoms with Crippen molar-refractivity contribution in [3.05, 3.63) is 38.9 Å². The van der Waals surface area contributed by atoms with Gasteiger partial charge in [0.05, 0.1) is 17.0 Å². The number of hydrogen-bond acceptors (Lipinski definition) is 4. The fourth-order valence-corrected chi connectivity index (χ4v) is 4.23. The number of rotatable bonds is 4. The molecule has 1 N–H and O–H groups in total. The van der Waals surface area contributed by atoms with Crippen LogP contribution in [0.15, 0.2) is 18.2 Å². The lowest BCUT2D eigenvalue weighted by Gasteiger charge is -2.40. The number of piperidine rings is 1. The highest BCUT2D eigenvalue weighted by molar-refractivity contribution is 6.30. The topological polar surface area (TPSA) is 86.9 Å². The van der Waals surface area contributed by atoms with Gasteiger partial charge in [-0.2, -0.15) is 0 Å². The van der Waals surface area contributed by atoms with Gasteiger partial charge in [-0.05, 0) is 44.9 Å². The third kappa shape index (κ3) is 3.18. The van der Waals surface area contributed by atoms with Crippen molar-refractivity contribution in [1.29, 1.82) is 0 Å². The Balaban J connectivity index is 1.84. The lowest BCUT2D eigenvalue weighted by Crippen LogP contribution is -2.50. The van der Waals surface area contributed by atoms with Crippen LogP contribution in [0.1, 0.15) is 31.2 Å². The van der Waals surface area contributed by atoms with Crippen molar-refractivity contribution in [3.63, 3.8) is 0 Å². The highest BCUT2D eigenvalue weighted by Gasteiger charge is 2.41. The summed E-state index contributed by atoms with van der Waals surface area (Å²) in [7, 11) is 2.09. The second-order valence-corrected chi connectivity index (χ2v) is 7.05. The van der Waals surface area contributed by atoms with Gasteiger partial charge in [0, 0.05) is 29.2 Å². The number of benzene rings is 1. The maximum absolute atomic E-state index is 11.8. The van der Waals surface area contributed by atoms with E-state index in [1.54, 1.807) is 0 Å². The van der Waals surface area contributed by atoms with Gasteiger partial charge in [0.15, 0.2) is 0 Å². The Labute approximate surface area is 145 Å². The largest absolute Gasteiger partial charge is 0.465 e. The van der Waals surface area contributed by atoms with Gasteiger partial charge < -0.3 is 14.9 Å². The highest BCUT2D eigenvalue weighted by atomic mass is 35.5. The van der Waals surface area contributed by atoms with E-state index in [0.29, 0.717) is 22.7 Å². The summed E-state index contributed by atoms with van der Waals surface area (Å²) in [4.78, 5) is 26.2. The molecule has 2 aliphatic rings. The van der Waals surface area contributed by atoms with Gasteiger partial charge in [-0.25, -0.2) is 4.79 Å². The van der Waals surface area contributed by atoms with Crippen LogP contribution >= 0.6 is 11.6 Å². The molecule has 2 saturated heterocycles. The molecular formula is C16H20ClN3O4. The van der Waals surface area contributed by atoms with E-state index in [2.05, 4.69) is 11.9 Å². The molecule has 3 rings (SSSR count). The number of carboxylic acid groups (broad SMARTS) is 1. The summed E-state index contributed by atoms with van der Waals surface area (Å²) >= 11 is 5.95. The quantitative estimate of drug-likeness (QED) is 0.662. The number of nitrogens with zero attached hydrogens (tertiary/aromatic N) is 3. The van der Waals surface area contributed by atoms with Crippen LogP contribution < -0.4 is 0 Å². The molecule has 2 atom stereocenters. The van der Waals surface area contributed by atoms with Crippen molar-refractivity contribution in [2.75, 3.05) is 7.05 Å². The van der Waals surface area contributed by atoms with Gasteiger partial charge in [-0.3, -0.25) is 10.1 Å². The van der Waals surface area contributed by atoms with Crippen LogP contribution in [0.2, 0.25) is 5.02 Å². The summed E-state index contributed by atoms with van der Waals surface area (Å²) in [6.07, 6.45) is 2.67. The zero-order chi connectivity index (χ0) is 17.4. The summed E-state index contributed by atoms with van der Waals surface area (Å²) in [5.74, 6) is 0. The molecule has 8 heteroatoms. The zero-order valence-electron chi connectivity index (χ0n) is 13.4. The number of carbonyl (C=O) groups is 1. The third-order valence-electron chi connectivity index (χ3n) is 5.34. The van der Waals surface area contributed by atoms with Crippen molar-refractivity contribution in [1.82, 2.24) is 9.80 Å². The van der Waals surface area contributed by atoms with Gasteiger partial charge in [0.1, 0.15) is 0 Å². The van der Waals surface area contributed by atoms with Crippen LogP contribution in [0.25, 0.3) is 0 Å². The van der Waals surface area contributed by atoms with Gasteiger partial charge in [-0.1, -0.05) is 11.6 Å². The molecule has 7 nitrogen and oxygen atoms in total. The molecule has 1 aromatic rings. The molecule has 0 aliphatic carbocycles. The summed E-state index contributed by atoms with van der Waals surface area (Å²) in [5, 5.41) is 21.2. The summed E-state index contributed by atoms with van der Waals surface area (Å²) in [6.45, 7) is -0.0139. The predicted molar refractivity (Wildman–Crippen MR) is 89.3 cm³/mol. The van der Waals surface area contributed by atoms with E-state index in [4.69, 9.17) is 11.6 Å². The Morgan fingerprint density at radius 2 is 2.04 bits per heavy atom. The average Bonchev–Trinajstić information content (AvgIpc) is 2.73. The summed E-state index contributed by atoms with van der Waals surface area (Å²) in [5.41, 5.74) is 0.239. The number of fused-ring (bicyclic) bond motifs is 2. The monoisotopic (exact) mass is 353 g/mol. The zero-order valence-corrected chi connectivity index (χ0v) is 14.1. The molecule has 0 radical (unpaired) electrons. The molecule has 24 heavy (non-hydrogen) atoms. The molecular weight excluding hydrogens is 334 g/mol. The Morgan fingerprint density at radius 3 is 2.58 bits per heavy atom. The van der Waals surface area contributed by atoms with Gasteiger partial charge >= 0.3 is 6.09 Å². The van der Waals surface area contributed by atoms with Crippen molar-refractivity contribution >= 4 is 23.4 Å². The normalized spacial score (nSPS) is 26.3. The lowest BCUT2D eigenvalue weighted by atomic mass is 9.96. The minimum atomic E-state index is -1.04. The fraction of sp³-hybridized carbons (Fsp3) is 0.562. The maximum atomic E-state index is 11.8. The second-order valence-electron chi connectivity index (χ2n) is 6.62. The smallest absolute Gasteiger partial charge is 0.407 e. The minimum absolute atomic E-state index is 0.0139. The van der Waals surface area contributed by atoms with Crippen molar-refractivity contribution in [3.8, 4) is 0 Å². The average molecular weight is 354 g/mol. The number of halogens is 1. The summed E-state index contributed by atoms with van der Waals surface area (Å²) in [6, 6.07) is 4.93. The van der Waals surface area contributed by atoms with E-state index < -0.39 is 11.0 Å². The van der Waals surface area contributed by atoms with Gasteiger partial charge in [-0.15, -0.1) is 0 Å². The minimum Gasteiger partial charge on any atom is -0.465 e. The van der Waals surface area contributed by atoms with E-state index in [-0.39, 0.29) is 18.3 Å². The number of nitro groups is 1. The first-order valence-electron chi connectivity index (χ1n) is 8.01. The standard InChI is InChI=1S/C16H20ClN3O4/c1-18-12-3-4-13(18)8-14(7-12)19(16(21)22)9-10-6-11(17)2-5-15(10)20(23)24/h2,5-6,12-14H,3-4,7-9H2,1H3,(H,21,22). The molecule has 0 aromatic heterocycles. The van der Waals surface area contributed by atoms with Crippen molar-refractivity contribution in [2.24, 2.45) is 0 Å². The predicted octanol–water partition coefficient (Wildman–Crippen LogP) is 3.35. The molecule has 2 bridgehead atoms. The molecule has 1 aromatic carbocycles. The Morgan fingerprint density at radius 1 is 1.42 bits per heavy atom. The van der Waals surface area contributed by atoms with E-state index >= 15 is 0 Å². The molecule has 2 aliphatic heterocycles. The van der Waals surface area contributed by atoms with Crippen LogP contribution in [0, 0.1) is 10.1 Å². The molecule has 2 heterocycles. The SMILES string of the molecule is CN1C2CCC1CC(N(Cc1cc(Cl)ccc1[N+](=O)[O-])C(=O)O)C2. The van der Waals surface area contributed by atoms with Crippen LogP contribution in [-0.4, -0.2) is 51.1 Å². The van der Waals surface area contributed by atoms with Crippen molar-refractivity contribution < 1.29 is 14.8 Å². The first-order valence-corrected chi connectivity index (χ1v) is 8.39. The van der Waals surface area contributed by atoms with E-state index in [1.807, 2.05) is 0 Å². The first-order chi connectivity index (χ1) is 11.4. The maximum Gasteiger partial charge on any atom is 0.407 e. The number of hydrogen-bond donors (Lipinski definition) is 1. The number of nitro benzene ring substituents is 1. The van der Waals surface area contributed by atoms with Crippen LogP contribution in [-0.2, 0) is 6.54 Å². The van der Waals surface area contributed by atoms with Crippen LogP contribution in [0.4, 0.5) is 10.5 Å². The first kappa shape index (κ1) is 17.0. The Hall–Kier alpha value is -1.86. The van der Waals surface area contributed by atoms with Gasteiger partial charge in [0.25, 0.3) is 5.69 Å².